The van der Waals surface area contributed by atoms with Gasteiger partial charge < -0.3 is 35.3 Å². The quantitative estimate of drug-likeness (QED) is 0.167. The van der Waals surface area contributed by atoms with Crippen molar-refractivity contribution in [2.45, 2.75) is 24.5 Å². The highest BCUT2D eigenvalue weighted by molar-refractivity contribution is 9.10. The molecule has 4 atom stereocenters. The van der Waals surface area contributed by atoms with E-state index in [-0.39, 0.29) is 23.1 Å². The van der Waals surface area contributed by atoms with E-state index in [0.29, 0.717) is 21.5 Å². The number of benzene rings is 1. The minimum atomic E-state index is -1.46. The maximum absolute atomic E-state index is 12.4. The number of nitrogen functional groups attached to an aromatic ring is 1. The molecule has 0 saturated carbocycles. The molecule has 1 aromatic carbocycles. The largest absolute Gasteiger partial charge is 0.493 e. The van der Waals surface area contributed by atoms with Crippen molar-refractivity contribution in [3.05, 3.63) is 32.5 Å². The minimum absolute atomic E-state index is 0.0129. The predicted octanol–water partition coefficient (Wildman–Crippen LogP) is -0.461. The first-order valence-corrected chi connectivity index (χ1v) is 10.7. The number of imidazole rings is 1. The molecule has 1 fully saturated rings. The molecule has 3 heterocycles. The summed E-state index contributed by atoms with van der Waals surface area (Å²) >= 11 is 3.43. The molecular formula is C19H22BrN7O7. The Kier molecular flexibility index (Phi) is 6.72. The van der Waals surface area contributed by atoms with Crippen molar-refractivity contribution >= 4 is 45.2 Å². The summed E-state index contributed by atoms with van der Waals surface area (Å²) in [5, 5.41) is 34.3. The molecule has 1 saturated heterocycles. The molecule has 0 spiro atoms. The van der Waals surface area contributed by atoms with E-state index in [0.717, 1.165) is 0 Å². The lowest BCUT2D eigenvalue weighted by Crippen LogP contribution is -2.33. The molecule has 0 aliphatic carbocycles. The summed E-state index contributed by atoms with van der Waals surface area (Å²) < 4.78 is 18.1. The van der Waals surface area contributed by atoms with Gasteiger partial charge in [0.15, 0.2) is 28.9 Å². The number of nitrogens with zero attached hydrogens (tertiary/aromatic N) is 4. The number of ether oxygens (including phenoxy) is 3. The molecule has 0 amide bonds. The number of rotatable bonds is 7. The zero-order valence-electron chi connectivity index (χ0n) is 18.0. The molecule has 1 aliphatic rings. The van der Waals surface area contributed by atoms with Gasteiger partial charge >= 0.3 is 0 Å². The van der Waals surface area contributed by atoms with Crippen LogP contribution < -0.4 is 26.2 Å². The van der Waals surface area contributed by atoms with Crippen LogP contribution >= 0.6 is 15.9 Å². The molecule has 2 aromatic heterocycles. The van der Waals surface area contributed by atoms with Gasteiger partial charge in [-0.2, -0.15) is 10.1 Å². The molecule has 14 nitrogen and oxygen atoms in total. The van der Waals surface area contributed by atoms with Gasteiger partial charge in [0.25, 0.3) is 5.56 Å². The van der Waals surface area contributed by atoms with E-state index in [1.54, 1.807) is 12.1 Å². The number of hydrogen-bond acceptors (Lipinski definition) is 12. The van der Waals surface area contributed by atoms with Crippen LogP contribution in [0.1, 0.15) is 11.8 Å². The van der Waals surface area contributed by atoms with Crippen LogP contribution in [0.3, 0.4) is 0 Å². The Bertz CT molecular complexity index is 1290. The topological polar surface area (TPSA) is 202 Å². The first-order valence-electron chi connectivity index (χ1n) is 9.89. The van der Waals surface area contributed by atoms with Gasteiger partial charge in [0, 0.05) is 10.0 Å². The van der Waals surface area contributed by atoms with Crippen molar-refractivity contribution in [2.24, 2.45) is 5.10 Å². The first-order chi connectivity index (χ1) is 16.3. The molecule has 7 N–H and O–H groups in total. The molecule has 0 radical (unpaired) electrons. The number of aromatic amines is 1. The number of aliphatic hydroxyl groups excluding tert-OH is 3. The normalized spacial score (nSPS) is 22.5. The summed E-state index contributed by atoms with van der Waals surface area (Å²) in [6.07, 6.45) is -3.68. The summed E-state index contributed by atoms with van der Waals surface area (Å²) in [4.78, 5) is 23.0. The fraction of sp³-hybridized carbons (Fsp3) is 0.368. The highest BCUT2D eigenvalue weighted by Gasteiger charge is 2.45. The van der Waals surface area contributed by atoms with Crippen LogP contribution in [-0.2, 0) is 4.74 Å². The van der Waals surface area contributed by atoms with E-state index in [4.69, 9.17) is 19.9 Å². The molecule has 0 bridgehead atoms. The van der Waals surface area contributed by atoms with E-state index in [2.05, 4.69) is 41.4 Å². The first kappa shape index (κ1) is 23.9. The third-order valence-electron chi connectivity index (χ3n) is 5.21. The highest BCUT2D eigenvalue weighted by Crippen LogP contribution is 2.34. The summed E-state index contributed by atoms with van der Waals surface area (Å²) in [5.41, 5.74) is 8.27. The maximum atomic E-state index is 12.4. The number of H-pyrrole nitrogens is 1. The van der Waals surface area contributed by atoms with Crippen LogP contribution in [0, 0.1) is 0 Å². The molecule has 34 heavy (non-hydrogen) atoms. The Labute approximate surface area is 200 Å². The van der Waals surface area contributed by atoms with Crippen molar-refractivity contribution in [3.8, 4) is 11.5 Å². The number of halogens is 1. The number of nitrogens with two attached hydrogens (primary N) is 1. The Morgan fingerprint density at radius 2 is 2.00 bits per heavy atom. The van der Waals surface area contributed by atoms with Crippen LogP contribution in [0.5, 0.6) is 11.5 Å². The van der Waals surface area contributed by atoms with Gasteiger partial charge in [0.05, 0.1) is 27.0 Å². The van der Waals surface area contributed by atoms with Gasteiger partial charge in [-0.15, -0.1) is 0 Å². The number of nitrogens with one attached hydrogen (secondary N) is 2. The number of methoxy groups -OCH3 is 2. The van der Waals surface area contributed by atoms with E-state index < -0.39 is 36.7 Å². The number of aromatic nitrogens is 4. The molecule has 1 aliphatic heterocycles. The van der Waals surface area contributed by atoms with Crippen LogP contribution in [0.15, 0.2) is 26.5 Å². The lowest BCUT2D eigenvalue weighted by atomic mass is 10.1. The zero-order chi connectivity index (χ0) is 24.6. The van der Waals surface area contributed by atoms with Crippen LogP contribution in [0.25, 0.3) is 11.2 Å². The van der Waals surface area contributed by atoms with E-state index >= 15 is 0 Å². The molecular weight excluding hydrogens is 518 g/mol. The van der Waals surface area contributed by atoms with Crippen molar-refractivity contribution in [2.75, 3.05) is 32.0 Å². The number of hydrazone groups is 1. The summed E-state index contributed by atoms with van der Waals surface area (Å²) in [6, 6.07) is 3.40. The average Bonchev–Trinajstić information content (AvgIpc) is 3.31. The zero-order valence-corrected chi connectivity index (χ0v) is 19.6. The standard InChI is InChI=1S/C19H22BrN7O7/c1-32-9-3-7(8(20)4-10(9)33-2)5-22-26-19-23-12-15(24-18(21)25-16(12)31)27(19)17-14(30)13(29)11(6-28)34-17/h3-5,11,13-14,17,28-30H,6H2,1-2H3,(H,23,26)(H3,21,24,25,31)/b22-5-/t11-,13+,14-,17-/m1/s1. The third kappa shape index (κ3) is 4.19. The predicted molar refractivity (Wildman–Crippen MR) is 124 cm³/mol. The molecule has 15 heteroatoms. The van der Waals surface area contributed by atoms with E-state index in [9.17, 15) is 20.1 Å². The van der Waals surface area contributed by atoms with Gasteiger partial charge in [0.2, 0.25) is 11.9 Å². The summed E-state index contributed by atoms with van der Waals surface area (Å²) in [7, 11) is 3.02. The summed E-state index contributed by atoms with van der Waals surface area (Å²) in [6.45, 7) is -0.536. The Balaban J connectivity index is 1.74. The molecule has 3 aromatic rings. The fourth-order valence-corrected chi connectivity index (χ4v) is 3.97. The minimum Gasteiger partial charge on any atom is -0.493 e. The van der Waals surface area contributed by atoms with E-state index in [1.807, 2.05) is 0 Å². The fourth-order valence-electron chi connectivity index (χ4n) is 3.54. The third-order valence-corrected chi connectivity index (χ3v) is 5.90. The lowest BCUT2D eigenvalue weighted by Gasteiger charge is -2.18. The van der Waals surface area contributed by atoms with Crippen molar-refractivity contribution in [1.82, 2.24) is 19.5 Å². The molecule has 4 rings (SSSR count). The maximum Gasteiger partial charge on any atom is 0.280 e. The molecule has 182 valence electrons. The Morgan fingerprint density at radius 3 is 2.65 bits per heavy atom. The molecule has 0 unspecified atom stereocenters. The van der Waals surface area contributed by atoms with Crippen molar-refractivity contribution in [3.63, 3.8) is 0 Å². The van der Waals surface area contributed by atoms with Gasteiger partial charge in [-0.3, -0.25) is 14.3 Å². The van der Waals surface area contributed by atoms with Crippen LogP contribution in [0.2, 0.25) is 0 Å². The average molecular weight is 540 g/mol. The second-order valence-electron chi connectivity index (χ2n) is 7.26. The van der Waals surface area contributed by atoms with Crippen LogP contribution in [0.4, 0.5) is 11.9 Å². The number of anilines is 2. The van der Waals surface area contributed by atoms with Gasteiger partial charge in [-0.25, -0.2) is 10.4 Å². The monoisotopic (exact) mass is 539 g/mol. The van der Waals surface area contributed by atoms with Gasteiger partial charge in [0.1, 0.15) is 18.3 Å². The second kappa shape index (κ2) is 9.55. The number of aliphatic hydroxyl groups is 3. The SMILES string of the molecule is COc1cc(Br)c(/C=N\Nc2nc3c(=O)[nH]c(N)nc3n2[C@@H]2O[C@H](CO)[C@H](O)[C@H]2O)cc1OC. The number of hydrogen-bond donors (Lipinski definition) is 6. The number of fused-ring (bicyclic) bond motifs is 1. The second-order valence-corrected chi connectivity index (χ2v) is 8.11. The Morgan fingerprint density at radius 1 is 1.29 bits per heavy atom. The smallest absolute Gasteiger partial charge is 0.280 e. The summed E-state index contributed by atoms with van der Waals surface area (Å²) in [5.74, 6) is 0.793. The van der Waals surface area contributed by atoms with Gasteiger partial charge in [-0.05, 0) is 28.1 Å². The van der Waals surface area contributed by atoms with Crippen LogP contribution in [-0.4, -0.2) is 80.2 Å². The Hall–Kier alpha value is -3.24. The van der Waals surface area contributed by atoms with Crippen molar-refractivity contribution in [1.29, 1.82) is 0 Å². The van der Waals surface area contributed by atoms with Gasteiger partial charge in [-0.1, -0.05) is 0 Å². The van der Waals surface area contributed by atoms with E-state index in [1.165, 1.54) is 25.0 Å². The highest BCUT2D eigenvalue weighted by atomic mass is 79.9. The lowest BCUT2D eigenvalue weighted by molar-refractivity contribution is -0.0501. The van der Waals surface area contributed by atoms with Crippen molar-refractivity contribution < 1.29 is 29.5 Å².